The lowest BCUT2D eigenvalue weighted by Crippen LogP contribution is -2.22. The van der Waals surface area contributed by atoms with Gasteiger partial charge in [0, 0.05) is 37.5 Å². The zero-order valence-corrected chi connectivity index (χ0v) is 22.3. The van der Waals surface area contributed by atoms with Crippen molar-refractivity contribution < 1.29 is 27.4 Å². The Hall–Kier alpha value is -4.41. The molecule has 3 aromatic carbocycles. The lowest BCUT2D eigenvalue weighted by atomic mass is 10.1. The maximum absolute atomic E-state index is 12.6. The Bertz CT molecular complexity index is 1630. The summed E-state index contributed by atoms with van der Waals surface area (Å²) in [4.78, 5) is 12.7. The molecule has 2 heterocycles. The summed E-state index contributed by atoms with van der Waals surface area (Å²) in [6, 6.07) is 21.6. The van der Waals surface area contributed by atoms with E-state index in [4.69, 9.17) is 19.3 Å². The van der Waals surface area contributed by atoms with E-state index < -0.39 is 16.0 Å². The molecule has 39 heavy (non-hydrogen) atoms. The molecule has 1 aliphatic heterocycles. The summed E-state index contributed by atoms with van der Waals surface area (Å²) in [5.74, 6) is 0.743. The number of nitrogens with zero attached hydrogens (tertiary/aromatic N) is 3. The van der Waals surface area contributed by atoms with E-state index in [1.165, 1.54) is 32.3 Å². The predicted molar refractivity (Wildman–Crippen MR) is 146 cm³/mol. The van der Waals surface area contributed by atoms with Crippen LogP contribution in [-0.4, -0.2) is 55.8 Å². The van der Waals surface area contributed by atoms with E-state index >= 15 is 0 Å². The van der Waals surface area contributed by atoms with E-state index in [1.807, 2.05) is 54.7 Å². The minimum atomic E-state index is -3.59. The Morgan fingerprint density at radius 2 is 1.77 bits per heavy atom. The topological polar surface area (TPSA) is 100.0 Å². The number of benzene rings is 3. The summed E-state index contributed by atoms with van der Waals surface area (Å²) >= 11 is 0. The van der Waals surface area contributed by atoms with Crippen LogP contribution in [0.3, 0.4) is 0 Å². The summed E-state index contributed by atoms with van der Waals surface area (Å²) < 4.78 is 44.4. The molecule has 0 N–H and O–H groups in total. The number of aromatic nitrogens is 2. The maximum atomic E-state index is 12.6. The molecule has 5 rings (SSSR count). The number of fused-ring (bicyclic) bond motifs is 1. The number of hydrogen-bond acceptors (Lipinski definition) is 7. The molecular formula is C29H27N3O6S. The van der Waals surface area contributed by atoms with Gasteiger partial charge in [0.2, 0.25) is 10.0 Å². The molecule has 1 aliphatic rings. The second-order valence-corrected chi connectivity index (χ2v) is 11.1. The Labute approximate surface area is 226 Å². The van der Waals surface area contributed by atoms with E-state index in [0.717, 1.165) is 15.6 Å². The van der Waals surface area contributed by atoms with Crippen molar-refractivity contribution >= 4 is 22.1 Å². The summed E-state index contributed by atoms with van der Waals surface area (Å²) in [5.41, 5.74) is 3.59. The minimum Gasteiger partial charge on any atom is -0.486 e. The van der Waals surface area contributed by atoms with Crippen molar-refractivity contribution in [2.24, 2.45) is 0 Å². The van der Waals surface area contributed by atoms with Gasteiger partial charge in [0.1, 0.15) is 25.5 Å². The molecule has 0 radical (unpaired) electrons. The third-order valence-electron chi connectivity index (χ3n) is 6.04. The van der Waals surface area contributed by atoms with E-state index in [1.54, 1.807) is 22.9 Å². The van der Waals surface area contributed by atoms with Crippen molar-refractivity contribution in [3.63, 3.8) is 0 Å². The second kappa shape index (κ2) is 11.1. The van der Waals surface area contributed by atoms with Crippen LogP contribution in [0.2, 0.25) is 0 Å². The van der Waals surface area contributed by atoms with E-state index in [2.05, 4.69) is 0 Å². The van der Waals surface area contributed by atoms with Gasteiger partial charge in [-0.15, -0.1) is 0 Å². The second-order valence-electron chi connectivity index (χ2n) is 8.95. The smallest absolute Gasteiger partial charge is 0.331 e. The highest BCUT2D eigenvalue weighted by Crippen LogP contribution is 2.35. The number of carbonyl (C=O) groups excluding carboxylic acids is 1. The molecule has 0 amide bonds. The van der Waals surface area contributed by atoms with Crippen LogP contribution in [0, 0.1) is 0 Å². The summed E-state index contributed by atoms with van der Waals surface area (Å²) in [6.45, 7) is 0.899. The molecule has 0 atom stereocenters. The van der Waals surface area contributed by atoms with Crippen LogP contribution >= 0.6 is 0 Å². The molecule has 0 spiro atoms. The average molecular weight is 546 g/mol. The minimum absolute atomic E-state index is 0.0712. The summed E-state index contributed by atoms with van der Waals surface area (Å²) in [7, 11) is -0.661. The molecule has 0 fully saturated rings. The third-order valence-corrected chi connectivity index (χ3v) is 7.85. The first-order valence-electron chi connectivity index (χ1n) is 12.2. The van der Waals surface area contributed by atoms with Crippen molar-refractivity contribution in [3.05, 3.63) is 96.2 Å². The summed E-state index contributed by atoms with van der Waals surface area (Å²) in [6.07, 6.45) is 4.81. The zero-order valence-electron chi connectivity index (χ0n) is 21.5. The van der Waals surface area contributed by atoms with Gasteiger partial charge in [-0.05, 0) is 54.1 Å². The van der Waals surface area contributed by atoms with Gasteiger partial charge in [-0.3, -0.25) is 0 Å². The van der Waals surface area contributed by atoms with Crippen molar-refractivity contribution in [1.29, 1.82) is 0 Å². The van der Waals surface area contributed by atoms with Crippen LogP contribution in [-0.2, 0) is 26.2 Å². The number of hydrogen-bond donors (Lipinski definition) is 0. The molecule has 0 unspecified atom stereocenters. The van der Waals surface area contributed by atoms with E-state index in [0.29, 0.717) is 41.5 Å². The normalized spacial score (nSPS) is 13.1. The van der Waals surface area contributed by atoms with Crippen molar-refractivity contribution in [2.75, 3.05) is 27.3 Å². The lowest BCUT2D eigenvalue weighted by Gasteiger charge is -2.18. The number of esters is 1. The Morgan fingerprint density at radius 3 is 2.54 bits per heavy atom. The summed E-state index contributed by atoms with van der Waals surface area (Å²) in [5, 5.41) is 4.77. The lowest BCUT2D eigenvalue weighted by molar-refractivity contribution is -0.138. The van der Waals surface area contributed by atoms with Crippen molar-refractivity contribution in [3.8, 4) is 28.4 Å². The van der Waals surface area contributed by atoms with Gasteiger partial charge in [-0.1, -0.05) is 30.3 Å². The maximum Gasteiger partial charge on any atom is 0.331 e. The van der Waals surface area contributed by atoms with Gasteiger partial charge >= 0.3 is 5.97 Å². The SMILES string of the molecule is CN(C)S(=O)(=O)c1cccc(COC(=O)C=Cc2cn(-c3ccccc3)nc2-c2ccc3c(c2)OCCO3)c1. The van der Waals surface area contributed by atoms with E-state index in [-0.39, 0.29) is 11.5 Å². The first-order valence-corrected chi connectivity index (χ1v) is 13.7. The van der Waals surface area contributed by atoms with E-state index in [9.17, 15) is 13.2 Å². The largest absolute Gasteiger partial charge is 0.486 e. The highest BCUT2D eigenvalue weighted by molar-refractivity contribution is 7.89. The molecule has 1 aromatic heterocycles. The van der Waals surface area contributed by atoms with Gasteiger partial charge in [0.05, 0.1) is 10.6 Å². The number of para-hydroxylation sites is 1. The van der Waals surface area contributed by atoms with Crippen molar-refractivity contribution in [1.82, 2.24) is 14.1 Å². The average Bonchev–Trinajstić information content (AvgIpc) is 3.39. The zero-order chi connectivity index (χ0) is 27.4. The van der Waals surface area contributed by atoms with Crippen LogP contribution in [0.15, 0.2) is 90.0 Å². The Morgan fingerprint density at radius 1 is 1.00 bits per heavy atom. The number of carbonyl (C=O) groups is 1. The monoisotopic (exact) mass is 545 g/mol. The molecular weight excluding hydrogens is 518 g/mol. The van der Waals surface area contributed by atoms with Crippen molar-refractivity contribution in [2.45, 2.75) is 11.5 Å². The van der Waals surface area contributed by atoms with Gasteiger partial charge in [0.15, 0.2) is 11.5 Å². The molecule has 0 saturated carbocycles. The first-order chi connectivity index (χ1) is 18.8. The number of sulfonamides is 1. The van der Waals surface area contributed by atoms with Gasteiger partial charge in [-0.25, -0.2) is 22.2 Å². The molecule has 0 saturated heterocycles. The van der Waals surface area contributed by atoms with Crippen LogP contribution in [0.1, 0.15) is 11.1 Å². The molecule has 0 aliphatic carbocycles. The quantitative estimate of drug-likeness (QED) is 0.240. The van der Waals surface area contributed by atoms with Crippen LogP contribution in [0.5, 0.6) is 11.5 Å². The Kier molecular flexibility index (Phi) is 7.49. The van der Waals surface area contributed by atoms with Gasteiger partial charge in [0.25, 0.3) is 0 Å². The molecule has 9 nitrogen and oxygen atoms in total. The van der Waals surface area contributed by atoms with Crippen LogP contribution < -0.4 is 9.47 Å². The number of ether oxygens (including phenoxy) is 3. The molecule has 0 bridgehead atoms. The molecule has 200 valence electrons. The molecule has 4 aromatic rings. The first kappa shape index (κ1) is 26.2. The fourth-order valence-electron chi connectivity index (χ4n) is 4.00. The van der Waals surface area contributed by atoms with Crippen LogP contribution in [0.25, 0.3) is 23.0 Å². The fraction of sp³-hybridized carbons (Fsp3) is 0.172. The van der Waals surface area contributed by atoms with Gasteiger partial charge < -0.3 is 14.2 Å². The molecule has 10 heteroatoms. The number of rotatable bonds is 8. The highest BCUT2D eigenvalue weighted by Gasteiger charge is 2.18. The van der Waals surface area contributed by atoms with Gasteiger partial charge in [-0.2, -0.15) is 5.10 Å². The highest BCUT2D eigenvalue weighted by atomic mass is 32.2. The van der Waals surface area contributed by atoms with Crippen LogP contribution in [0.4, 0.5) is 0 Å². The Balaban J connectivity index is 1.37. The standard InChI is InChI=1S/C29H27N3O6S/c1-31(2)39(34,35)25-10-6-7-21(17-25)20-38-28(33)14-12-23-19-32(24-8-4-3-5-9-24)30-29(23)22-11-13-26-27(18-22)37-16-15-36-26/h3-14,17-19H,15-16,20H2,1-2H3. The fourth-order valence-corrected chi connectivity index (χ4v) is 4.98. The predicted octanol–water partition coefficient (Wildman–Crippen LogP) is 4.32. The third kappa shape index (κ3) is 5.87.